The van der Waals surface area contributed by atoms with Gasteiger partial charge in [-0.25, -0.2) is 9.18 Å². The third-order valence-corrected chi connectivity index (χ3v) is 2.81. The van der Waals surface area contributed by atoms with Gasteiger partial charge in [0.25, 0.3) is 0 Å². The molecule has 1 N–H and O–H groups in total. The molecule has 0 aliphatic carbocycles. The number of carbonyl (C=O) groups excluding carboxylic acids is 1. The van der Waals surface area contributed by atoms with Crippen LogP contribution in [0.3, 0.4) is 0 Å². The lowest BCUT2D eigenvalue weighted by atomic mass is 9.98. The van der Waals surface area contributed by atoms with E-state index in [2.05, 4.69) is 0 Å². The van der Waals surface area contributed by atoms with Gasteiger partial charge in [0, 0.05) is 5.56 Å². The predicted octanol–water partition coefficient (Wildman–Crippen LogP) is 3.39. The number of carbonyl (C=O) groups is 2. The van der Waals surface area contributed by atoms with Gasteiger partial charge in [0.1, 0.15) is 5.82 Å². The van der Waals surface area contributed by atoms with Crippen LogP contribution in [0.15, 0.2) is 42.5 Å². The molecule has 3 nitrogen and oxygen atoms in total. The van der Waals surface area contributed by atoms with Gasteiger partial charge in [-0.05, 0) is 36.2 Å². The van der Waals surface area contributed by atoms with Crippen LogP contribution in [-0.2, 0) is 0 Å². The summed E-state index contributed by atoms with van der Waals surface area (Å²) in [5.41, 5.74) is 1.40. The third-order valence-electron chi connectivity index (χ3n) is 2.81. The number of benzene rings is 2. The molecule has 19 heavy (non-hydrogen) atoms. The smallest absolute Gasteiger partial charge is 0.336 e. The van der Waals surface area contributed by atoms with Gasteiger partial charge >= 0.3 is 5.97 Å². The SMILES string of the molecule is CC(=O)c1ccc(-c2cc(F)ccc2C(=O)O)cc1. The predicted molar refractivity (Wildman–Crippen MR) is 68.8 cm³/mol. The van der Waals surface area contributed by atoms with E-state index in [9.17, 15) is 14.0 Å². The zero-order chi connectivity index (χ0) is 14.0. The fraction of sp³-hybridized carbons (Fsp3) is 0.0667. The number of hydrogen-bond acceptors (Lipinski definition) is 2. The molecule has 2 aromatic rings. The second-order valence-electron chi connectivity index (χ2n) is 4.13. The highest BCUT2D eigenvalue weighted by Crippen LogP contribution is 2.25. The number of ketones is 1. The van der Waals surface area contributed by atoms with Crippen molar-refractivity contribution in [3.8, 4) is 11.1 Å². The number of aromatic carboxylic acids is 1. The summed E-state index contributed by atoms with van der Waals surface area (Å²) in [6.07, 6.45) is 0. The summed E-state index contributed by atoms with van der Waals surface area (Å²) >= 11 is 0. The molecule has 0 atom stereocenters. The van der Waals surface area contributed by atoms with Gasteiger partial charge in [0.05, 0.1) is 5.56 Å². The summed E-state index contributed by atoms with van der Waals surface area (Å²) in [5.74, 6) is -1.70. The minimum absolute atomic E-state index is 0.0250. The molecule has 0 saturated carbocycles. The first-order valence-electron chi connectivity index (χ1n) is 5.63. The molecule has 0 saturated heterocycles. The lowest BCUT2D eigenvalue weighted by Gasteiger charge is -2.07. The Morgan fingerprint density at radius 1 is 1.05 bits per heavy atom. The van der Waals surface area contributed by atoms with E-state index in [-0.39, 0.29) is 11.3 Å². The highest BCUT2D eigenvalue weighted by molar-refractivity contribution is 5.97. The second-order valence-corrected chi connectivity index (χ2v) is 4.13. The summed E-state index contributed by atoms with van der Waals surface area (Å²) in [4.78, 5) is 22.3. The van der Waals surface area contributed by atoms with Crippen molar-refractivity contribution in [2.24, 2.45) is 0 Å². The van der Waals surface area contributed by atoms with E-state index >= 15 is 0 Å². The Morgan fingerprint density at radius 3 is 2.21 bits per heavy atom. The lowest BCUT2D eigenvalue weighted by molar-refractivity contribution is 0.0697. The number of Topliss-reactive ketones (excluding diaryl/α,β-unsaturated/α-hetero) is 1. The highest BCUT2D eigenvalue weighted by atomic mass is 19.1. The maximum absolute atomic E-state index is 13.3. The third kappa shape index (κ3) is 2.68. The maximum Gasteiger partial charge on any atom is 0.336 e. The van der Waals surface area contributed by atoms with Crippen LogP contribution >= 0.6 is 0 Å². The molecule has 0 radical (unpaired) electrons. The van der Waals surface area contributed by atoms with Gasteiger partial charge in [-0.15, -0.1) is 0 Å². The molecule has 0 heterocycles. The molecule has 0 aromatic heterocycles. The molecule has 0 spiro atoms. The number of hydrogen-bond donors (Lipinski definition) is 1. The van der Waals surface area contributed by atoms with Crippen LogP contribution < -0.4 is 0 Å². The number of carboxylic acid groups (broad SMARTS) is 1. The first-order chi connectivity index (χ1) is 8.99. The molecule has 0 fully saturated rings. The second kappa shape index (κ2) is 5.02. The Morgan fingerprint density at radius 2 is 1.68 bits per heavy atom. The van der Waals surface area contributed by atoms with Crippen molar-refractivity contribution in [1.82, 2.24) is 0 Å². The quantitative estimate of drug-likeness (QED) is 0.858. The van der Waals surface area contributed by atoms with Crippen LogP contribution in [0.2, 0.25) is 0 Å². The minimum Gasteiger partial charge on any atom is -0.478 e. The van der Waals surface area contributed by atoms with Crippen LogP contribution in [0.4, 0.5) is 4.39 Å². The monoisotopic (exact) mass is 258 g/mol. The van der Waals surface area contributed by atoms with Gasteiger partial charge < -0.3 is 5.11 Å². The average molecular weight is 258 g/mol. The van der Waals surface area contributed by atoms with Crippen LogP contribution in [-0.4, -0.2) is 16.9 Å². The first-order valence-corrected chi connectivity index (χ1v) is 5.63. The van der Waals surface area contributed by atoms with Crippen LogP contribution in [0, 0.1) is 5.82 Å². The Balaban J connectivity index is 2.54. The van der Waals surface area contributed by atoms with Crippen molar-refractivity contribution in [1.29, 1.82) is 0 Å². The van der Waals surface area contributed by atoms with Gasteiger partial charge in [-0.3, -0.25) is 4.79 Å². The normalized spacial score (nSPS) is 10.2. The fourth-order valence-electron chi connectivity index (χ4n) is 1.83. The molecular formula is C15H11FO3. The maximum atomic E-state index is 13.3. The van der Waals surface area contributed by atoms with E-state index in [1.54, 1.807) is 24.3 Å². The topological polar surface area (TPSA) is 54.4 Å². The number of carboxylic acids is 1. The molecule has 0 bridgehead atoms. The fourth-order valence-corrected chi connectivity index (χ4v) is 1.83. The summed E-state index contributed by atoms with van der Waals surface area (Å²) in [6.45, 7) is 1.44. The largest absolute Gasteiger partial charge is 0.478 e. The Bertz CT molecular complexity index is 645. The van der Waals surface area contributed by atoms with E-state index in [4.69, 9.17) is 5.11 Å². The first kappa shape index (κ1) is 13.0. The Labute approximate surface area is 109 Å². The van der Waals surface area contributed by atoms with E-state index in [0.29, 0.717) is 16.7 Å². The van der Waals surface area contributed by atoms with Gasteiger partial charge in [-0.1, -0.05) is 24.3 Å². The number of halogens is 1. The van der Waals surface area contributed by atoms with Crippen molar-refractivity contribution in [3.63, 3.8) is 0 Å². The molecule has 4 heteroatoms. The summed E-state index contributed by atoms with van der Waals surface area (Å²) in [5, 5.41) is 9.08. The summed E-state index contributed by atoms with van der Waals surface area (Å²) < 4.78 is 13.3. The molecule has 2 aromatic carbocycles. The highest BCUT2D eigenvalue weighted by Gasteiger charge is 2.12. The van der Waals surface area contributed by atoms with Crippen molar-refractivity contribution in [2.45, 2.75) is 6.92 Å². The standard InChI is InChI=1S/C15H11FO3/c1-9(17)10-2-4-11(5-3-10)14-8-12(16)6-7-13(14)15(18)19/h2-8H,1H3,(H,18,19). The average Bonchev–Trinajstić information content (AvgIpc) is 2.38. The van der Waals surface area contributed by atoms with Crippen LogP contribution in [0.1, 0.15) is 27.6 Å². The van der Waals surface area contributed by atoms with Crippen LogP contribution in [0.5, 0.6) is 0 Å². The molecule has 96 valence electrons. The minimum atomic E-state index is -1.12. The number of rotatable bonds is 3. The van der Waals surface area contributed by atoms with Gasteiger partial charge in [0.15, 0.2) is 5.78 Å². The summed E-state index contributed by atoms with van der Waals surface area (Å²) in [6, 6.07) is 9.91. The molecule has 2 rings (SSSR count). The Hall–Kier alpha value is -2.49. The Kier molecular flexibility index (Phi) is 3.42. The molecule has 0 aliphatic heterocycles. The molecular weight excluding hydrogens is 247 g/mol. The van der Waals surface area contributed by atoms with E-state index in [1.807, 2.05) is 0 Å². The zero-order valence-corrected chi connectivity index (χ0v) is 10.2. The van der Waals surface area contributed by atoms with E-state index < -0.39 is 11.8 Å². The van der Waals surface area contributed by atoms with Gasteiger partial charge in [0.2, 0.25) is 0 Å². The lowest BCUT2D eigenvalue weighted by Crippen LogP contribution is -2.00. The van der Waals surface area contributed by atoms with Crippen LogP contribution in [0.25, 0.3) is 11.1 Å². The van der Waals surface area contributed by atoms with Crippen molar-refractivity contribution in [3.05, 3.63) is 59.4 Å². The van der Waals surface area contributed by atoms with Crippen molar-refractivity contribution >= 4 is 11.8 Å². The summed E-state index contributed by atoms with van der Waals surface area (Å²) in [7, 11) is 0. The van der Waals surface area contributed by atoms with Gasteiger partial charge in [-0.2, -0.15) is 0 Å². The van der Waals surface area contributed by atoms with Crippen molar-refractivity contribution in [2.75, 3.05) is 0 Å². The van der Waals surface area contributed by atoms with E-state index in [1.165, 1.54) is 19.1 Å². The zero-order valence-electron chi connectivity index (χ0n) is 10.2. The molecule has 0 unspecified atom stereocenters. The van der Waals surface area contributed by atoms with Crippen molar-refractivity contribution < 1.29 is 19.1 Å². The molecule has 0 aliphatic rings. The van der Waals surface area contributed by atoms with E-state index in [0.717, 1.165) is 6.07 Å². The molecule has 0 amide bonds.